The van der Waals surface area contributed by atoms with E-state index in [2.05, 4.69) is 10.3 Å². The summed E-state index contributed by atoms with van der Waals surface area (Å²) in [5, 5.41) is 2.97. The lowest BCUT2D eigenvalue weighted by atomic mass is 10.1. The highest BCUT2D eigenvalue weighted by Gasteiger charge is 2.19. The number of halogens is 3. The average molecular weight is 467 g/mol. The lowest BCUT2D eigenvalue weighted by Gasteiger charge is -2.19. The molecule has 10 heteroatoms. The summed E-state index contributed by atoms with van der Waals surface area (Å²) in [5.74, 6) is -3.28. The van der Waals surface area contributed by atoms with Crippen LogP contribution in [0.4, 0.5) is 14.5 Å². The summed E-state index contributed by atoms with van der Waals surface area (Å²) in [4.78, 5) is 31.0. The monoisotopic (exact) mass is 466 g/mol. The molecule has 0 aliphatic rings. The number of aromatic nitrogens is 2. The van der Waals surface area contributed by atoms with Gasteiger partial charge in [-0.1, -0.05) is 23.7 Å². The molecule has 164 valence electrons. The highest BCUT2D eigenvalue weighted by atomic mass is 35.5. The molecule has 1 heterocycles. The van der Waals surface area contributed by atoms with Crippen LogP contribution in [0, 0.1) is 0 Å². The van der Waals surface area contributed by atoms with Gasteiger partial charge in [-0.05, 0) is 55.9 Å². The van der Waals surface area contributed by atoms with Crippen molar-refractivity contribution in [2.24, 2.45) is 0 Å². The van der Waals surface area contributed by atoms with E-state index in [4.69, 9.17) is 11.6 Å². The number of amides is 2. The second-order valence-electron chi connectivity index (χ2n) is 6.57. The number of fused-ring (bicyclic) bond motifs is 1. The topological polar surface area (TPSA) is 67.2 Å². The van der Waals surface area contributed by atoms with E-state index >= 15 is 0 Å². The summed E-state index contributed by atoms with van der Waals surface area (Å²) in [6.45, 7) is 4.67. The van der Waals surface area contributed by atoms with Crippen LogP contribution in [-0.2, 0) is 11.3 Å². The Morgan fingerprint density at radius 1 is 1.19 bits per heavy atom. The first-order valence-electron chi connectivity index (χ1n) is 9.62. The Hall–Kier alpha value is -2.65. The van der Waals surface area contributed by atoms with Gasteiger partial charge in [-0.15, -0.1) is 0 Å². The van der Waals surface area contributed by atoms with E-state index in [0.717, 1.165) is 0 Å². The van der Waals surface area contributed by atoms with Gasteiger partial charge in [0.2, 0.25) is 5.91 Å². The molecular weight excluding hydrogens is 446 g/mol. The van der Waals surface area contributed by atoms with Gasteiger partial charge in [0.05, 0.1) is 21.6 Å². The van der Waals surface area contributed by atoms with E-state index < -0.39 is 11.7 Å². The fourth-order valence-electron chi connectivity index (χ4n) is 3.17. The van der Waals surface area contributed by atoms with Crippen LogP contribution >= 0.6 is 23.4 Å². The first kappa shape index (κ1) is 23.0. The van der Waals surface area contributed by atoms with Crippen molar-refractivity contribution >= 4 is 51.9 Å². The maximum Gasteiger partial charge on any atom is 0.291 e. The van der Waals surface area contributed by atoms with E-state index in [1.165, 1.54) is 10.6 Å². The number of nitrogens with zero attached hydrogens (tertiary/aromatic N) is 3. The van der Waals surface area contributed by atoms with Crippen LogP contribution in [0.1, 0.15) is 24.2 Å². The Bertz CT molecular complexity index is 1100. The minimum absolute atomic E-state index is 0.0598. The Morgan fingerprint density at radius 2 is 1.90 bits per heavy atom. The molecule has 0 fully saturated rings. The second-order valence-corrected chi connectivity index (χ2v) is 7.93. The van der Waals surface area contributed by atoms with Crippen molar-refractivity contribution in [1.82, 2.24) is 14.5 Å². The third-order valence-corrected chi connectivity index (χ3v) is 5.66. The van der Waals surface area contributed by atoms with Crippen molar-refractivity contribution in [3.8, 4) is 0 Å². The fourth-order valence-corrected chi connectivity index (χ4v) is 4.03. The fraction of sp³-hybridized carbons (Fsp3) is 0.286. The Balaban J connectivity index is 1.79. The lowest BCUT2D eigenvalue weighted by molar-refractivity contribution is -0.116. The number of carbonyl (C=O) groups excluding carboxylic acids is 2. The SMILES string of the molecule is CCN(CC)C(=O)c1ccc(NC(=O)Cn2c(SC(F)F)nc3ccccc32)cc1Cl. The molecule has 0 spiro atoms. The minimum Gasteiger partial charge on any atom is -0.339 e. The van der Waals surface area contributed by atoms with Crippen LogP contribution in [0.15, 0.2) is 47.6 Å². The van der Waals surface area contributed by atoms with E-state index in [1.54, 1.807) is 41.3 Å². The maximum atomic E-state index is 12.9. The number of benzene rings is 2. The van der Waals surface area contributed by atoms with Gasteiger partial charge in [0, 0.05) is 18.8 Å². The van der Waals surface area contributed by atoms with Gasteiger partial charge in [0.1, 0.15) is 6.54 Å². The highest BCUT2D eigenvalue weighted by molar-refractivity contribution is 7.99. The van der Waals surface area contributed by atoms with E-state index in [9.17, 15) is 18.4 Å². The van der Waals surface area contributed by atoms with Crippen molar-refractivity contribution in [2.75, 3.05) is 18.4 Å². The Kier molecular flexibility index (Phi) is 7.50. The van der Waals surface area contributed by atoms with Crippen molar-refractivity contribution in [3.63, 3.8) is 0 Å². The standard InChI is InChI=1S/C21H21ClF2N4O2S/c1-3-27(4-2)19(30)14-10-9-13(11-15(14)22)25-18(29)12-28-17-8-6-5-7-16(17)26-21(28)31-20(23)24/h5-11,20H,3-4,12H2,1-2H3,(H,25,29). The molecule has 6 nitrogen and oxygen atoms in total. The number of nitrogens with one attached hydrogen (secondary N) is 1. The first-order valence-corrected chi connectivity index (χ1v) is 10.9. The molecule has 3 rings (SSSR count). The molecule has 0 atom stereocenters. The summed E-state index contributed by atoms with van der Waals surface area (Å²) < 4.78 is 27.3. The van der Waals surface area contributed by atoms with Crippen LogP contribution in [-0.4, -0.2) is 45.1 Å². The number of alkyl halides is 2. The molecule has 0 saturated heterocycles. The Morgan fingerprint density at radius 3 is 2.55 bits per heavy atom. The summed E-state index contributed by atoms with van der Waals surface area (Å²) in [6, 6.07) is 11.6. The van der Waals surface area contributed by atoms with Gasteiger partial charge in [0.25, 0.3) is 11.7 Å². The summed E-state index contributed by atoms with van der Waals surface area (Å²) in [7, 11) is 0. The van der Waals surface area contributed by atoms with Gasteiger partial charge in [-0.25, -0.2) is 4.98 Å². The molecule has 0 aliphatic carbocycles. The average Bonchev–Trinajstić information content (AvgIpc) is 3.05. The third kappa shape index (κ3) is 5.34. The molecule has 0 radical (unpaired) electrons. The van der Waals surface area contributed by atoms with Crippen molar-refractivity contribution in [3.05, 3.63) is 53.1 Å². The summed E-state index contributed by atoms with van der Waals surface area (Å²) in [5.41, 5.74) is 1.86. The van der Waals surface area contributed by atoms with E-state index in [0.29, 0.717) is 35.4 Å². The zero-order valence-electron chi connectivity index (χ0n) is 16.9. The van der Waals surface area contributed by atoms with Gasteiger partial charge in [-0.3, -0.25) is 9.59 Å². The van der Waals surface area contributed by atoms with Crippen molar-refractivity contribution < 1.29 is 18.4 Å². The van der Waals surface area contributed by atoms with E-state index in [-0.39, 0.29) is 34.4 Å². The molecule has 2 aromatic carbocycles. The first-order chi connectivity index (χ1) is 14.8. The lowest BCUT2D eigenvalue weighted by Crippen LogP contribution is -2.30. The molecule has 31 heavy (non-hydrogen) atoms. The number of thioether (sulfide) groups is 1. The molecule has 0 saturated carbocycles. The maximum absolute atomic E-state index is 12.9. The van der Waals surface area contributed by atoms with Crippen LogP contribution in [0.25, 0.3) is 11.0 Å². The number of imidazole rings is 1. The minimum atomic E-state index is -2.66. The number of para-hydroxylation sites is 2. The second kappa shape index (κ2) is 10.1. The van der Waals surface area contributed by atoms with Crippen molar-refractivity contribution in [2.45, 2.75) is 31.3 Å². The summed E-state index contributed by atoms with van der Waals surface area (Å²) >= 11 is 6.56. The van der Waals surface area contributed by atoms with Crippen LogP contribution in [0.2, 0.25) is 5.02 Å². The molecule has 2 amide bonds. The van der Waals surface area contributed by atoms with Crippen LogP contribution < -0.4 is 5.32 Å². The predicted molar refractivity (Wildman–Crippen MR) is 119 cm³/mol. The largest absolute Gasteiger partial charge is 0.339 e. The smallest absolute Gasteiger partial charge is 0.291 e. The summed E-state index contributed by atoms with van der Waals surface area (Å²) in [6.07, 6.45) is 0. The van der Waals surface area contributed by atoms with Gasteiger partial charge in [-0.2, -0.15) is 8.78 Å². The molecular formula is C21H21ClF2N4O2S. The molecule has 1 N–H and O–H groups in total. The van der Waals surface area contributed by atoms with Crippen molar-refractivity contribution in [1.29, 1.82) is 0 Å². The normalized spacial score (nSPS) is 11.2. The highest BCUT2D eigenvalue weighted by Crippen LogP contribution is 2.29. The predicted octanol–water partition coefficient (Wildman–Crippen LogP) is 5.13. The van der Waals surface area contributed by atoms with Gasteiger partial charge in [0.15, 0.2) is 5.16 Å². The van der Waals surface area contributed by atoms with Gasteiger partial charge >= 0.3 is 0 Å². The number of anilines is 1. The van der Waals surface area contributed by atoms with Gasteiger partial charge < -0.3 is 14.8 Å². The molecule has 0 unspecified atom stereocenters. The van der Waals surface area contributed by atoms with E-state index in [1.807, 2.05) is 13.8 Å². The number of hydrogen-bond donors (Lipinski definition) is 1. The molecule has 0 bridgehead atoms. The zero-order valence-corrected chi connectivity index (χ0v) is 18.5. The molecule has 0 aliphatic heterocycles. The quantitative estimate of drug-likeness (QED) is 0.467. The molecule has 1 aromatic heterocycles. The molecule has 3 aromatic rings. The number of carbonyl (C=O) groups is 2. The van der Waals surface area contributed by atoms with Crippen LogP contribution in [0.5, 0.6) is 0 Å². The number of rotatable bonds is 8. The number of hydrogen-bond acceptors (Lipinski definition) is 4. The third-order valence-electron chi connectivity index (χ3n) is 4.65. The zero-order chi connectivity index (χ0) is 22.5. The Labute approximate surface area is 187 Å². The van der Waals surface area contributed by atoms with Crippen LogP contribution in [0.3, 0.4) is 0 Å².